The molecule has 0 rings (SSSR count). The molecule has 13 nitrogen and oxygen atoms in total. The smallest absolute Gasteiger partial charge is 0.328 e. The Bertz CT molecular complexity index is 679. The molecular formula is C19H35N5O8S. The van der Waals surface area contributed by atoms with Crippen LogP contribution in [0.1, 0.15) is 39.0 Å². The van der Waals surface area contributed by atoms with Crippen molar-refractivity contribution >= 4 is 41.4 Å². The number of aliphatic carboxylic acids is 2. The van der Waals surface area contributed by atoms with Gasteiger partial charge < -0.3 is 42.7 Å². The summed E-state index contributed by atoms with van der Waals surface area (Å²) in [6.45, 7) is 1.61. The molecule has 0 heterocycles. The normalized spacial score (nSPS) is 15.4. The van der Waals surface area contributed by atoms with Crippen LogP contribution in [0.3, 0.4) is 0 Å². The molecule has 0 aliphatic carbocycles. The van der Waals surface area contributed by atoms with Gasteiger partial charge >= 0.3 is 11.9 Å². The Hall–Kier alpha value is -2.42. The Morgan fingerprint density at radius 2 is 1.48 bits per heavy atom. The molecule has 0 aromatic carbocycles. The van der Waals surface area contributed by atoms with Gasteiger partial charge in [0.25, 0.3) is 0 Å². The number of aliphatic hydroxyl groups excluding tert-OH is 1. The molecule has 0 saturated carbocycles. The first-order valence-corrected chi connectivity index (χ1v) is 11.8. The van der Waals surface area contributed by atoms with E-state index >= 15 is 0 Å². The Morgan fingerprint density at radius 1 is 0.909 bits per heavy atom. The third-order valence-corrected chi connectivity index (χ3v) is 5.25. The lowest BCUT2D eigenvalue weighted by Gasteiger charge is -2.25. The van der Waals surface area contributed by atoms with Crippen LogP contribution in [0.15, 0.2) is 0 Å². The van der Waals surface area contributed by atoms with Gasteiger partial charge in [-0.3, -0.25) is 19.2 Å². The van der Waals surface area contributed by atoms with Crippen molar-refractivity contribution in [1.82, 2.24) is 16.0 Å². The minimum Gasteiger partial charge on any atom is -0.481 e. The van der Waals surface area contributed by atoms with Crippen LogP contribution in [-0.4, -0.2) is 93.8 Å². The van der Waals surface area contributed by atoms with Crippen LogP contribution in [0.5, 0.6) is 0 Å². The second-order valence-electron chi connectivity index (χ2n) is 7.46. The van der Waals surface area contributed by atoms with E-state index in [4.69, 9.17) is 21.7 Å². The summed E-state index contributed by atoms with van der Waals surface area (Å²) >= 11 is 1.36. The Labute approximate surface area is 196 Å². The number of carboxylic acids is 2. The van der Waals surface area contributed by atoms with Gasteiger partial charge in [0.15, 0.2) is 6.04 Å². The summed E-state index contributed by atoms with van der Waals surface area (Å²) in [5, 5.41) is 34.7. The highest BCUT2D eigenvalue weighted by atomic mass is 32.2. The summed E-state index contributed by atoms with van der Waals surface area (Å²) in [4.78, 5) is 60.1. The summed E-state index contributed by atoms with van der Waals surface area (Å²) in [5.74, 6) is -4.95. The number of nitrogens with one attached hydrogen (secondary N) is 3. The lowest BCUT2D eigenvalue weighted by molar-refractivity contribution is -0.145. The molecule has 33 heavy (non-hydrogen) atoms. The van der Waals surface area contributed by atoms with Crippen molar-refractivity contribution in [2.24, 2.45) is 11.5 Å². The number of rotatable bonds is 17. The van der Waals surface area contributed by atoms with E-state index in [1.165, 1.54) is 18.7 Å². The van der Waals surface area contributed by atoms with Crippen molar-refractivity contribution in [2.75, 3.05) is 18.6 Å². The van der Waals surface area contributed by atoms with Gasteiger partial charge in [-0.2, -0.15) is 11.8 Å². The molecule has 10 N–H and O–H groups in total. The van der Waals surface area contributed by atoms with Gasteiger partial charge in [0.1, 0.15) is 12.1 Å². The standard InChI is InChI=1S/C19H35N5O8S/c1-10(25)15(19(31)32)24-17(29)12(6-8-33-2)22-18(30)13(9-14(26)27)23-16(28)11(21)5-3-4-7-20/h10-13,15,25H,3-9,20-21H2,1-2H3,(H,22,30)(H,23,28)(H,24,29)(H,26,27)(H,31,32). The van der Waals surface area contributed by atoms with Crippen LogP contribution < -0.4 is 27.4 Å². The minimum absolute atomic E-state index is 0.0945. The monoisotopic (exact) mass is 493 g/mol. The zero-order valence-electron chi connectivity index (χ0n) is 18.8. The summed E-state index contributed by atoms with van der Waals surface area (Å²) in [7, 11) is 0. The second kappa shape index (κ2) is 16.2. The van der Waals surface area contributed by atoms with Gasteiger partial charge in [0.05, 0.1) is 18.6 Å². The lowest BCUT2D eigenvalue weighted by Crippen LogP contribution is -2.58. The van der Waals surface area contributed by atoms with E-state index in [1.54, 1.807) is 6.26 Å². The fourth-order valence-electron chi connectivity index (χ4n) is 2.72. The largest absolute Gasteiger partial charge is 0.481 e. The molecule has 14 heteroatoms. The quantitative estimate of drug-likeness (QED) is 0.0993. The molecule has 0 saturated heterocycles. The summed E-state index contributed by atoms with van der Waals surface area (Å²) in [5.41, 5.74) is 11.2. The molecule has 190 valence electrons. The predicted molar refractivity (Wildman–Crippen MR) is 121 cm³/mol. The van der Waals surface area contributed by atoms with E-state index in [0.717, 1.165) is 0 Å². The number of hydrogen-bond donors (Lipinski definition) is 8. The van der Waals surface area contributed by atoms with Crippen LogP contribution >= 0.6 is 11.8 Å². The molecule has 0 aliphatic heterocycles. The SMILES string of the molecule is CSCCC(NC(=O)C(CC(=O)O)NC(=O)C(N)CCCCN)C(=O)NC(C(=O)O)C(C)O. The Morgan fingerprint density at radius 3 is 1.97 bits per heavy atom. The van der Waals surface area contributed by atoms with Gasteiger partial charge in [-0.15, -0.1) is 0 Å². The average Bonchev–Trinajstić information content (AvgIpc) is 2.73. The molecule has 0 fully saturated rings. The van der Waals surface area contributed by atoms with Crippen LogP contribution in [0, 0.1) is 0 Å². The topological polar surface area (TPSA) is 234 Å². The highest BCUT2D eigenvalue weighted by molar-refractivity contribution is 7.98. The summed E-state index contributed by atoms with van der Waals surface area (Å²) in [6.07, 6.45) is 1.21. The van der Waals surface area contributed by atoms with Gasteiger partial charge in [0, 0.05) is 0 Å². The number of carbonyl (C=O) groups excluding carboxylic acids is 3. The molecule has 3 amide bonds. The molecule has 0 spiro atoms. The number of unbranched alkanes of at least 4 members (excludes halogenated alkanes) is 1. The zero-order valence-corrected chi connectivity index (χ0v) is 19.6. The number of thioether (sulfide) groups is 1. The molecule has 0 radical (unpaired) electrons. The predicted octanol–water partition coefficient (Wildman–Crippen LogP) is -2.41. The second-order valence-corrected chi connectivity index (χ2v) is 8.44. The molecular weight excluding hydrogens is 458 g/mol. The first-order valence-electron chi connectivity index (χ1n) is 10.4. The minimum atomic E-state index is -1.60. The number of hydrogen-bond acceptors (Lipinski definition) is 9. The number of nitrogens with two attached hydrogens (primary N) is 2. The first kappa shape index (κ1) is 30.6. The fourth-order valence-corrected chi connectivity index (χ4v) is 3.19. The maximum absolute atomic E-state index is 12.7. The number of amides is 3. The Balaban J connectivity index is 5.39. The molecule has 0 bridgehead atoms. The van der Waals surface area contributed by atoms with Crippen LogP contribution in [0.25, 0.3) is 0 Å². The van der Waals surface area contributed by atoms with E-state index in [2.05, 4.69) is 16.0 Å². The third-order valence-electron chi connectivity index (χ3n) is 4.61. The van der Waals surface area contributed by atoms with Crippen LogP contribution in [-0.2, 0) is 24.0 Å². The van der Waals surface area contributed by atoms with Gasteiger partial charge in [-0.25, -0.2) is 4.79 Å². The van der Waals surface area contributed by atoms with Crippen molar-refractivity contribution in [3.8, 4) is 0 Å². The molecule has 0 aromatic rings. The maximum atomic E-state index is 12.7. The van der Waals surface area contributed by atoms with Gasteiger partial charge in [-0.1, -0.05) is 6.42 Å². The third kappa shape index (κ3) is 12.4. The van der Waals surface area contributed by atoms with Crippen molar-refractivity contribution in [1.29, 1.82) is 0 Å². The fraction of sp³-hybridized carbons (Fsp3) is 0.737. The maximum Gasteiger partial charge on any atom is 0.328 e. The number of carboxylic acid groups (broad SMARTS) is 2. The number of carbonyl (C=O) groups is 5. The molecule has 5 atom stereocenters. The molecule has 0 aromatic heterocycles. The van der Waals surface area contributed by atoms with E-state index in [-0.39, 0.29) is 6.42 Å². The van der Waals surface area contributed by atoms with E-state index < -0.39 is 66.4 Å². The lowest BCUT2D eigenvalue weighted by atomic mass is 10.1. The van der Waals surface area contributed by atoms with E-state index in [9.17, 15) is 29.1 Å². The van der Waals surface area contributed by atoms with Crippen molar-refractivity contribution in [2.45, 2.75) is 69.3 Å². The van der Waals surface area contributed by atoms with Crippen molar-refractivity contribution in [3.63, 3.8) is 0 Å². The molecule has 0 aliphatic rings. The van der Waals surface area contributed by atoms with E-state index in [0.29, 0.717) is 31.6 Å². The van der Waals surface area contributed by atoms with Crippen molar-refractivity contribution < 1.29 is 39.3 Å². The molecule has 5 unspecified atom stereocenters. The van der Waals surface area contributed by atoms with Gasteiger partial charge in [0.2, 0.25) is 17.7 Å². The van der Waals surface area contributed by atoms with Crippen molar-refractivity contribution in [3.05, 3.63) is 0 Å². The summed E-state index contributed by atoms with van der Waals surface area (Å²) in [6, 6.07) is -5.31. The van der Waals surface area contributed by atoms with Crippen LogP contribution in [0.4, 0.5) is 0 Å². The highest BCUT2D eigenvalue weighted by Gasteiger charge is 2.32. The highest BCUT2D eigenvalue weighted by Crippen LogP contribution is 2.06. The van der Waals surface area contributed by atoms with E-state index in [1.807, 2.05) is 0 Å². The first-order chi connectivity index (χ1) is 15.4. The zero-order chi connectivity index (χ0) is 25.6. The average molecular weight is 494 g/mol. The summed E-state index contributed by atoms with van der Waals surface area (Å²) < 4.78 is 0. The number of aliphatic hydroxyl groups is 1. The Kier molecular flexibility index (Phi) is 15.0. The van der Waals surface area contributed by atoms with Gasteiger partial charge in [-0.05, 0) is 44.7 Å². The van der Waals surface area contributed by atoms with Crippen LogP contribution in [0.2, 0.25) is 0 Å².